The Morgan fingerprint density at radius 2 is 1.06 bits per heavy atom. The summed E-state index contributed by atoms with van der Waals surface area (Å²) in [6.45, 7) is 0. The second-order valence-corrected chi connectivity index (χ2v) is 5.81. The van der Waals surface area contributed by atoms with Crippen molar-refractivity contribution in [2.75, 3.05) is 0 Å². The molecule has 0 aliphatic rings. The first-order valence-corrected chi connectivity index (χ1v) is 6.71. The van der Waals surface area contributed by atoms with Crippen molar-refractivity contribution < 1.29 is 10.2 Å². The molecule has 4 heteroatoms. The van der Waals surface area contributed by atoms with E-state index >= 15 is 0 Å². The van der Waals surface area contributed by atoms with E-state index in [9.17, 15) is 10.2 Å². The molecule has 0 aliphatic heterocycles. The molecule has 0 fully saturated rings. The Morgan fingerprint density at radius 3 is 1.38 bits per heavy atom. The molecule has 0 saturated heterocycles. The Balaban J connectivity index is 2.59. The number of hydrogen-bond donors (Lipinski definition) is 2. The van der Waals surface area contributed by atoms with E-state index in [1.54, 1.807) is 24.3 Å². The lowest BCUT2D eigenvalue weighted by molar-refractivity contribution is 0.468. The third kappa shape index (κ3) is 2.42. The summed E-state index contributed by atoms with van der Waals surface area (Å²) in [6, 6.07) is 10.7. The van der Waals surface area contributed by atoms with Crippen molar-refractivity contribution in [1.82, 2.24) is 0 Å². The first-order valence-electron chi connectivity index (χ1n) is 4.55. The maximum Gasteiger partial charge on any atom is 0.124 e. The van der Waals surface area contributed by atoms with Gasteiger partial charge in [0.15, 0.2) is 0 Å². The van der Waals surface area contributed by atoms with Gasteiger partial charge in [0.05, 0.1) is 0 Å². The van der Waals surface area contributed by atoms with Gasteiger partial charge in [0.25, 0.3) is 0 Å². The Labute approximate surface area is 121 Å². The molecular formula is C12H8I2O2. The SMILES string of the molecule is Oc1cc(I)ccc1-c1ccc(I)cc1O. The van der Waals surface area contributed by atoms with Crippen LogP contribution in [0.1, 0.15) is 0 Å². The van der Waals surface area contributed by atoms with E-state index in [1.807, 2.05) is 12.1 Å². The molecule has 2 N–H and O–H groups in total. The summed E-state index contributed by atoms with van der Waals surface area (Å²) >= 11 is 4.26. The number of halogens is 2. The van der Waals surface area contributed by atoms with Crippen molar-refractivity contribution in [3.8, 4) is 22.6 Å². The van der Waals surface area contributed by atoms with Crippen LogP contribution in [0.4, 0.5) is 0 Å². The lowest BCUT2D eigenvalue weighted by Crippen LogP contribution is -1.82. The molecule has 2 nitrogen and oxygen atoms in total. The van der Waals surface area contributed by atoms with Crippen LogP contribution in [-0.4, -0.2) is 10.2 Å². The molecule has 0 radical (unpaired) electrons. The van der Waals surface area contributed by atoms with Gasteiger partial charge in [-0.25, -0.2) is 0 Å². The normalized spacial score (nSPS) is 10.4. The largest absolute Gasteiger partial charge is 0.507 e. The fourth-order valence-corrected chi connectivity index (χ4v) is 2.41. The zero-order valence-electron chi connectivity index (χ0n) is 8.11. The summed E-state index contributed by atoms with van der Waals surface area (Å²) in [4.78, 5) is 0. The van der Waals surface area contributed by atoms with Crippen LogP contribution in [0.2, 0.25) is 0 Å². The molecule has 2 rings (SSSR count). The van der Waals surface area contributed by atoms with Crippen molar-refractivity contribution >= 4 is 45.2 Å². The molecule has 0 heterocycles. The van der Waals surface area contributed by atoms with Crippen LogP contribution in [0.3, 0.4) is 0 Å². The highest BCUT2D eigenvalue weighted by atomic mass is 127. The lowest BCUT2D eigenvalue weighted by atomic mass is 10.0. The lowest BCUT2D eigenvalue weighted by Gasteiger charge is -2.07. The van der Waals surface area contributed by atoms with Crippen LogP contribution in [0.15, 0.2) is 36.4 Å². The third-order valence-corrected chi connectivity index (χ3v) is 3.55. The maximum atomic E-state index is 9.82. The van der Waals surface area contributed by atoms with E-state index in [0.717, 1.165) is 7.14 Å². The van der Waals surface area contributed by atoms with Gasteiger partial charge in [-0.05, 0) is 81.6 Å². The topological polar surface area (TPSA) is 40.5 Å². The van der Waals surface area contributed by atoms with Gasteiger partial charge in [0.2, 0.25) is 0 Å². The van der Waals surface area contributed by atoms with Gasteiger partial charge in [-0.3, -0.25) is 0 Å². The van der Waals surface area contributed by atoms with Crippen molar-refractivity contribution in [2.45, 2.75) is 0 Å². The molecule has 0 atom stereocenters. The Hall–Kier alpha value is -0.500. The fourth-order valence-electron chi connectivity index (χ4n) is 1.47. The molecule has 16 heavy (non-hydrogen) atoms. The molecular weight excluding hydrogens is 430 g/mol. The van der Waals surface area contributed by atoms with Crippen molar-refractivity contribution in [3.63, 3.8) is 0 Å². The zero-order chi connectivity index (χ0) is 11.7. The monoisotopic (exact) mass is 438 g/mol. The van der Waals surface area contributed by atoms with Gasteiger partial charge in [-0.1, -0.05) is 0 Å². The Kier molecular flexibility index (Phi) is 3.58. The summed E-state index contributed by atoms with van der Waals surface area (Å²) < 4.78 is 1.92. The van der Waals surface area contributed by atoms with Crippen molar-refractivity contribution in [2.24, 2.45) is 0 Å². The molecule has 0 bridgehead atoms. The smallest absolute Gasteiger partial charge is 0.124 e. The predicted molar refractivity (Wildman–Crippen MR) is 80.6 cm³/mol. The first-order chi connectivity index (χ1) is 7.58. The van der Waals surface area contributed by atoms with Crippen LogP contribution in [0.5, 0.6) is 11.5 Å². The average Bonchev–Trinajstić information content (AvgIpc) is 2.19. The summed E-state index contributed by atoms with van der Waals surface area (Å²) in [5.74, 6) is 0.367. The Morgan fingerprint density at radius 1 is 0.688 bits per heavy atom. The second-order valence-electron chi connectivity index (χ2n) is 3.32. The maximum absolute atomic E-state index is 9.82. The second kappa shape index (κ2) is 4.79. The molecule has 0 spiro atoms. The van der Waals surface area contributed by atoms with Gasteiger partial charge in [-0.15, -0.1) is 0 Å². The summed E-state index contributed by atoms with van der Waals surface area (Å²) in [7, 11) is 0. The van der Waals surface area contributed by atoms with E-state index < -0.39 is 0 Å². The number of rotatable bonds is 1. The summed E-state index contributed by atoms with van der Waals surface area (Å²) in [6.07, 6.45) is 0. The fraction of sp³-hybridized carbons (Fsp3) is 0. The van der Waals surface area contributed by atoms with E-state index in [0.29, 0.717) is 11.1 Å². The van der Waals surface area contributed by atoms with Crippen LogP contribution >= 0.6 is 45.2 Å². The third-order valence-electron chi connectivity index (χ3n) is 2.21. The zero-order valence-corrected chi connectivity index (χ0v) is 12.4. The quantitative estimate of drug-likeness (QED) is 0.662. The van der Waals surface area contributed by atoms with Crippen LogP contribution in [0.25, 0.3) is 11.1 Å². The van der Waals surface area contributed by atoms with Gasteiger partial charge < -0.3 is 10.2 Å². The first kappa shape index (κ1) is 12.0. The molecule has 0 amide bonds. The van der Waals surface area contributed by atoms with Crippen molar-refractivity contribution in [1.29, 1.82) is 0 Å². The molecule has 2 aromatic rings. The predicted octanol–water partition coefficient (Wildman–Crippen LogP) is 3.97. The average molecular weight is 438 g/mol. The van der Waals surface area contributed by atoms with Gasteiger partial charge >= 0.3 is 0 Å². The van der Waals surface area contributed by atoms with E-state index in [4.69, 9.17) is 0 Å². The number of phenols is 2. The molecule has 0 saturated carbocycles. The van der Waals surface area contributed by atoms with Gasteiger partial charge in [0.1, 0.15) is 11.5 Å². The Bertz CT molecular complexity index is 489. The molecule has 2 aromatic carbocycles. The van der Waals surface area contributed by atoms with E-state index in [1.165, 1.54) is 0 Å². The molecule has 82 valence electrons. The summed E-state index contributed by atoms with van der Waals surface area (Å²) in [5, 5.41) is 19.6. The highest BCUT2D eigenvalue weighted by Gasteiger charge is 2.09. The van der Waals surface area contributed by atoms with E-state index in [2.05, 4.69) is 45.2 Å². The van der Waals surface area contributed by atoms with Gasteiger partial charge in [-0.2, -0.15) is 0 Å². The number of aromatic hydroxyl groups is 2. The molecule has 0 aromatic heterocycles. The van der Waals surface area contributed by atoms with Crippen LogP contribution in [0, 0.1) is 7.14 Å². The summed E-state index contributed by atoms with van der Waals surface area (Å²) in [5.41, 5.74) is 1.30. The minimum absolute atomic E-state index is 0.184. The van der Waals surface area contributed by atoms with Crippen molar-refractivity contribution in [3.05, 3.63) is 43.5 Å². The molecule has 0 unspecified atom stereocenters. The molecule has 0 aliphatic carbocycles. The highest BCUT2D eigenvalue weighted by Crippen LogP contribution is 2.36. The number of hydrogen-bond acceptors (Lipinski definition) is 2. The minimum atomic E-state index is 0.184. The number of benzene rings is 2. The van der Waals surface area contributed by atoms with Gasteiger partial charge in [0, 0.05) is 18.3 Å². The minimum Gasteiger partial charge on any atom is -0.507 e. The standard InChI is InChI=1S/C12H8I2O2/c13-7-1-3-9(11(15)5-7)10-4-2-8(14)6-12(10)16/h1-6,15-16H. The highest BCUT2D eigenvalue weighted by molar-refractivity contribution is 14.1. The van der Waals surface area contributed by atoms with Crippen LogP contribution in [-0.2, 0) is 0 Å². The van der Waals surface area contributed by atoms with Crippen LogP contribution < -0.4 is 0 Å². The van der Waals surface area contributed by atoms with E-state index in [-0.39, 0.29) is 11.5 Å². The number of phenolic OH excluding ortho intramolecular Hbond substituents is 2.